The molecule has 118 valence electrons. The quantitative estimate of drug-likeness (QED) is 0.871. The zero-order chi connectivity index (χ0) is 16.1. The lowest BCUT2D eigenvalue weighted by Crippen LogP contribution is -2.46. The molecule has 0 saturated carbocycles. The molecule has 0 N–H and O–H groups in total. The van der Waals surface area contributed by atoms with Crippen LogP contribution in [0.2, 0.25) is 0 Å². The lowest BCUT2D eigenvalue weighted by atomic mass is 10.1. The molecule has 4 heteroatoms. The Balaban J connectivity index is 1.59. The smallest absolute Gasteiger partial charge is 0.142 e. The van der Waals surface area contributed by atoms with Gasteiger partial charge in [-0.25, -0.2) is 0 Å². The molecule has 1 fully saturated rings. The number of nitrogens with zero attached hydrogens (tertiary/aromatic N) is 3. The van der Waals surface area contributed by atoms with Crippen LogP contribution in [0.15, 0.2) is 48.5 Å². The van der Waals surface area contributed by atoms with Crippen LogP contribution >= 0.6 is 0 Å². The third kappa shape index (κ3) is 3.64. The molecule has 0 bridgehead atoms. The Hall–Kier alpha value is -2.51. The van der Waals surface area contributed by atoms with E-state index < -0.39 is 0 Å². The maximum atomic E-state index is 8.85. The SMILES string of the molecule is COc1ccccc1N1CCN(Cc2ccc(C#N)cc2)CC1. The van der Waals surface area contributed by atoms with Gasteiger partial charge in [-0.05, 0) is 29.8 Å². The van der Waals surface area contributed by atoms with Crippen molar-refractivity contribution in [2.24, 2.45) is 0 Å². The molecule has 1 saturated heterocycles. The average molecular weight is 307 g/mol. The number of piperazine rings is 1. The van der Waals surface area contributed by atoms with Crippen LogP contribution in [0.3, 0.4) is 0 Å². The molecule has 0 atom stereocenters. The first-order chi connectivity index (χ1) is 11.3. The lowest BCUT2D eigenvalue weighted by Gasteiger charge is -2.36. The Kier molecular flexibility index (Phi) is 4.80. The van der Waals surface area contributed by atoms with Gasteiger partial charge in [-0.15, -0.1) is 0 Å². The molecular weight excluding hydrogens is 286 g/mol. The summed E-state index contributed by atoms with van der Waals surface area (Å²) in [4.78, 5) is 4.83. The second-order valence-electron chi connectivity index (χ2n) is 5.74. The van der Waals surface area contributed by atoms with Gasteiger partial charge in [0, 0.05) is 32.7 Å². The number of para-hydroxylation sites is 2. The van der Waals surface area contributed by atoms with Gasteiger partial charge >= 0.3 is 0 Å². The predicted molar refractivity (Wildman–Crippen MR) is 91.6 cm³/mol. The standard InChI is InChI=1S/C19H21N3O/c1-23-19-5-3-2-4-18(19)22-12-10-21(11-13-22)15-17-8-6-16(14-20)7-9-17/h2-9H,10-13,15H2,1H3. The van der Waals surface area contributed by atoms with E-state index in [4.69, 9.17) is 10.00 Å². The van der Waals surface area contributed by atoms with Gasteiger partial charge in [0.1, 0.15) is 5.75 Å². The molecule has 23 heavy (non-hydrogen) atoms. The first-order valence-corrected chi connectivity index (χ1v) is 7.89. The molecular formula is C19H21N3O. The molecule has 2 aromatic rings. The maximum absolute atomic E-state index is 8.85. The summed E-state index contributed by atoms with van der Waals surface area (Å²) in [6.45, 7) is 4.98. The first kappa shape index (κ1) is 15.4. The summed E-state index contributed by atoms with van der Waals surface area (Å²) in [6.07, 6.45) is 0. The van der Waals surface area contributed by atoms with E-state index in [9.17, 15) is 0 Å². The van der Waals surface area contributed by atoms with Gasteiger partial charge in [0.05, 0.1) is 24.4 Å². The third-order valence-electron chi connectivity index (χ3n) is 4.29. The molecule has 4 nitrogen and oxygen atoms in total. The Labute approximate surface area is 137 Å². The van der Waals surface area contributed by atoms with Crippen LogP contribution in [0.25, 0.3) is 0 Å². The highest BCUT2D eigenvalue weighted by Crippen LogP contribution is 2.28. The maximum Gasteiger partial charge on any atom is 0.142 e. The summed E-state index contributed by atoms with van der Waals surface area (Å²) in [5.74, 6) is 0.938. The van der Waals surface area contributed by atoms with Crippen molar-refractivity contribution < 1.29 is 4.74 Å². The largest absolute Gasteiger partial charge is 0.495 e. The number of methoxy groups -OCH3 is 1. The van der Waals surface area contributed by atoms with E-state index in [-0.39, 0.29) is 0 Å². The predicted octanol–water partition coefficient (Wildman–Crippen LogP) is 2.89. The summed E-state index contributed by atoms with van der Waals surface area (Å²) < 4.78 is 5.46. The normalized spacial score (nSPS) is 15.2. The number of hydrogen-bond acceptors (Lipinski definition) is 4. The summed E-state index contributed by atoms with van der Waals surface area (Å²) in [7, 11) is 1.72. The Morgan fingerprint density at radius 3 is 2.35 bits per heavy atom. The molecule has 0 aliphatic carbocycles. The summed E-state index contributed by atoms with van der Waals surface area (Å²) >= 11 is 0. The van der Waals surface area contributed by atoms with Crippen LogP contribution in [0.1, 0.15) is 11.1 Å². The van der Waals surface area contributed by atoms with Gasteiger partial charge in [0.2, 0.25) is 0 Å². The topological polar surface area (TPSA) is 39.5 Å². The lowest BCUT2D eigenvalue weighted by molar-refractivity contribution is 0.249. The van der Waals surface area contributed by atoms with E-state index in [1.807, 2.05) is 36.4 Å². The Bertz CT molecular complexity index is 683. The number of nitriles is 1. The van der Waals surface area contributed by atoms with Gasteiger partial charge < -0.3 is 9.64 Å². The molecule has 0 aromatic heterocycles. The molecule has 0 unspecified atom stereocenters. The van der Waals surface area contributed by atoms with Crippen molar-refractivity contribution in [1.29, 1.82) is 5.26 Å². The van der Waals surface area contributed by atoms with Crippen molar-refractivity contribution in [3.05, 3.63) is 59.7 Å². The average Bonchev–Trinajstić information content (AvgIpc) is 2.63. The second-order valence-corrected chi connectivity index (χ2v) is 5.74. The molecule has 0 amide bonds. The van der Waals surface area contributed by atoms with Crippen molar-refractivity contribution in [2.75, 3.05) is 38.2 Å². The van der Waals surface area contributed by atoms with Gasteiger partial charge in [0.25, 0.3) is 0 Å². The van der Waals surface area contributed by atoms with E-state index in [1.165, 1.54) is 11.3 Å². The number of ether oxygens (including phenoxy) is 1. The van der Waals surface area contributed by atoms with Crippen LogP contribution in [0.5, 0.6) is 5.75 Å². The number of anilines is 1. The van der Waals surface area contributed by atoms with Crippen LogP contribution < -0.4 is 9.64 Å². The van der Waals surface area contributed by atoms with Crippen LogP contribution in [0, 0.1) is 11.3 Å². The number of benzene rings is 2. The van der Waals surface area contributed by atoms with E-state index >= 15 is 0 Å². The fourth-order valence-corrected chi connectivity index (χ4v) is 2.98. The molecule has 0 spiro atoms. The third-order valence-corrected chi connectivity index (χ3v) is 4.29. The van der Waals surface area contributed by atoms with Gasteiger partial charge in [-0.2, -0.15) is 5.26 Å². The van der Waals surface area contributed by atoms with Crippen molar-refractivity contribution in [3.8, 4) is 11.8 Å². The van der Waals surface area contributed by atoms with Gasteiger partial charge in [-0.3, -0.25) is 4.90 Å². The molecule has 1 aliphatic heterocycles. The molecule has 1 aliphatic rings. The van der Waals surface area contributed by atoms with E-state index in [1.54, 1.807) is 7.11 Å². The van der Waals surface area contributed by atoms with E-state index in [0.29, 0.717) is 0 Å². The van der Waals surface area contributed by atoms with Crippen LogP contribution in [-0.2, 0) is 6.54 Å². The molecule has 3 rings (SSSR count). The van der Waals surface area contributed by atoms with E-state index in [2.05, 4.69) is 28.0 Å². The van der Waals surface area contributed by atoms with Crippen LogP contribution in [-0.4, -0.2) is 38.2 Å². The highest BCUT2D eigenvalue weighted by atomic mass is 16.5. The van der Waals surface area contributed by atoms with Gasteiger partial charge in [0.15, 0.2) is 0 Å². The summed E-state index contributed by atoms with van der Waals surface area (Å²) in [6, 6.07) is 18.2. The molecule has 2 aromatic carbocycles. The number of rotatable bonds is 4. The minimum absolute atomic E-state index is 0.717. The summed E-state index contributed by atoms with van der Waals surface area (Å²) in [5.41, 5.74) is 3.15. The highest BCUT2D eigenvalue weighted by Gasteiger charge is 2.19. The summed E-state index contributed by atoms with van der Waals surface area (Å²) in [5, 5.41) is 8.85. The van der Waals surface area contributed by atoms with Crippen molar-refractivity contribution in [2.45, 2.75) is 6.54 Å². The van der Waals surface area contributed by atoms with Crippen molar-refractivity contribution in [3.63, 3.8) is 0 Å². The minimum Gasteiger partial charge on any atom is -0.495 e. The van der Waals surface area contributed by atoms with E-state index in [0.717, 1.165) is 44.0 Å². The first-order valence-electron chi connectivity index (χ1n) is 7.89. The molecule has 1 heterocycles. The number of hydrogen-bond donors (Lipinski definition) is 0. The zero-order valence-corrected chi connectivity index (χ0v) is 13.4. The Morgan fingerprint density at radius 1 is 1.00 bits per heavy atom. The van der Waals surface area contributed by atoms with Crippen LogP contribution in [0.4, 0.5) is 5.69 Å². The Morgan fingerprint density at radius 2 is 1.70 bits per heavy atom. The fraction of sp³-hybridized carbons (Fsp3) is 0.316. The fourth-order valence-electron chi connectivity index (χ4n) is 2.98. The highest BCUT2D eigenvalue weighted by molar-refractivity contribution is 5.58. The minimum atomic E-state index is 0.717. The zero-order valence-electron chi connectivity index (χ0n) is 13.4. The molecule has 0 radical (unpaired) electrons. The van der Waals surface area contributed by atoms with Crippen molar-refractivity contribution in [1.82, 2.24) is 4.90 Å². The monoisotopic (exact) mass is 307 g/mol. The van der Waals surface area contributed by atoms with Crippen molar-refractivity contribution >= 4 is 5.69 Å². The van der Waals surface area contributed by atoms with Gasteiger partial charge in [-0.1, -0.05) is 24.3 Å². The second kappa shape index (κ2) is 7.17.